The van der Waals surface area contributed by atoms with Crippen molar-refractivity contribution in [2.75, 3.05) is 11.5 Å². The molecule has 0 amide bonds. The van der Waals surface area contributed by atoms with Gasteiger partial charge in [-0.05, 0) is 18.6 Å². The molecule has 0 aromatic rings. The first-order chi connectivity index (χ1) is 10.4. The first-order valence-corrected chi connectivity index (χ1v) is 7.45. The van der Waals surface area contributed by atoms with Crippen molar-refractivity contribution in [3.8, 4) is 0 Å². The van der Waals surface area contributed by atoms with Crippen LogP contribution in [-0.2, 0) is 0 Å². The highest BCUT2D eigenvalue weighted by molar-refractivity contribution is 7.99. The van der Waals surface area contributed by atoms with Gasteiger partial charge in [-0.25, -0.2) is 0 Å². The molecule has 1 atom stereocenters. The fourth-order valence-corrected chi connectivity index (χ4v) is 3.28. The van der Waals surface area contributed by atoms with Crippen molar-refractivity contribution in [3.05, 3.63) is 0 Å². The highest BCUT2D eigenvalue weighted by Crippen LogP contribution is 2.58. The maximum absolute atomic E-state index is 13.4. The van der Waals surface area contributed by atoms with Gasteiger partial charge < -0.3 is 5.11 Å². The second-order valence-corrected chi connectivity index (χ2v) is 6.56. The lowest BCUT2D eigenvalue weighted by Crippen LogP contribution is -2.66. The van der Waals surface area contributed by atoms with Crippen LogP contribution >= 0.6 is 11.8 Å². The molecular formula is C11H11F11OS. The molecule has 144 valence electrons. The largest absolute Gasteiger partial charge is 0.460 e. The molecule has 1 nitrogen and oxygen atoms in total. The maximum atomic E-state index is 13.4. The molecule has 1 saturated heterocycles. The van der Waals surface area contributed by atoms with Crippen molar-refractivity contribution in [2.45, 2.75) is 54.7 Å². The summed E-state index contributed by atoms with van der Waals surface area (Å²) < 4.78 is 140. The van der Waals surface area contributed by atoms with Gasteiger partial charge >= 0.3 is 29.9 Å². The van der Waals surface area contributed by atoms with Crippen molar-refractivity contribution in [2.24, 2.45) is 0 Å². The predicted octanol–water partition coefficient (Wildman–Crippen LogP) is 4.74. The van der Waals surface area contributed by atoms with E-state index in [0.717, 1.165) is 11.8 Å². The average Bonchev–Trinajstić information content (AvgIpc) is 2.82. The van der Waals surface area contributed by atoms with E-state index in [1.807, 2.05) is 0 Å². The molecule has 1 fully saturated rings. The summed E-state index contributed by atoms with van der Waals surface area (Å²) in [5.74, 6) is -27.5. The Morgan fingerprint density at radius 3 is 1.67 bits per heavy atom. The van der Waals surface area contributed by atoms with Gasteiger partial charge in [0.15, 0.2) is 0 Å². The molecule has 1 aliphatic heterocycles. The van der Waals surface area contributed by atoms with Gasteiger partial charge in [0.05, 0.1) is 5.60 Å². The highest BCUT2D eigenvalue weighted by Gasteiger charge is 2.86. The number of aliphatic hydroxyl groups is 1. The Labute approximate surface area is 132 Å². The first-order valence-electron chi connectivity index (χ1n) is 6.29. The van der Waals surface area contributed by atoms with Crippen LogP contribution in [0.3, 0.4) is 0 Å². The van der Waals surface area contributed by atoms with Crippen LogP contribution in [0.5, 0.6) is 0 Å². The molecule has 0 aromatic heterocycles. The standard InChI is InChI=1S/C11H11F11OS/c12-7(13,2-1-6(23)3-4-24-5-6)8(14,15)9(16,17)10(18,19)11(20,21)22/h23H,1-5H2. The van der Waals surface area contributed by atoms with Gasteiger partial charge in [-0.1, -0.05) is 0 Å². The Morgan fingerprint density at radius 2 is 1.29 bits per heavy atom. The zero-order chi connectivity index (χ0) is 19.2. The van der Waals surface area contributed by atoms with E-state index < -0.39 is 48.3 Å². The van der Waals surface area contributed by atoms with Crippen molar-refractivity contribution < 1.29 is 53.4 Å². The van der Waals surface area contributed by atoms with Crippen molar-refractivity contribution in [3.63, 3.8) is 0 Å². The number of hydrogen-bond donors (Lipinski definition) is 1. The van der Waals surface area contributed by atoms with Crippen LogP contribution in [0.1, 0.15) is 19.3 Å². The number of thioether (sulfide) groups is 1. The van der Waals surface area contributed by atoms with Crippen molar-refractivity contribution in [1.29, 1.82) is 0 Å². The van der Waals surface area contributed by atoms with Crippen LogP contribution in [0.25, 0.3) is 0 Å². The molecule has 1 unspecified atom stereocenters. The van der Waals surface area contributed by atoms with E-state index >= 15 is 0 Å². The van der Waals surface area contributed by atoms with Gasteiger partial charge in [-0.3, -0.25) is 0 Å². The SMILES string of the molecule is OC1(CCC(F)(F)C(F)(F)C(F)(F)C(F)(F)C(F)(F)F)CCSC1. The predicted molar refractivity (Wildman–Crippen MR) is 62.0 cm³/mol. The second kappa shape index (κ2) is 6.06. The third-order valence-electron chi connectivity index (χ3n) is 3.59. The van der Waals surface area contributed by atoms with E-state index in [1.165, 1.54) is 0 Å². The van der Waals surface area contributed by atoms with E-state index in [-0.39, 0.29) is 17.9 Å². The Kier molecular flexibility index (Phi) is 5.45. The number of hydrogen-bond acceptors (Lipinski definition) is 2. The number of alkyl halides is 11. The fourth-order valence-electron chi connectivity index (χ4n) is 1.95. The molecule has 24 heavy (non-hydrogen) atoms. The Morgan fingerprint density at radius 1 is 0.792 bits per heavy atom. The van der Waals surface area contributed by atoms with Gasteiger partial charge in [0.25, 0.3) is 0 Å². The molecule has 1 heterocycles. The van der Waals surface area contributed by atoms with Gasteiger partial charge in [-0.15, -0.1) is 0 Å². The summed E-state index contributed by atoms with van der Waals surface area (Å²) in [4.78, 5) is 0. The topological polar surface area (TPSA) is 20.2 Å². The van der Waals surface area contributed by atoms with Gasteiger partial charge in [-0.2, -0.15) is 60.1 Å². The first kappa shape index (κ1) is 21.6. The quantitative estimate of drug-likeness (QED) is 0.651. The number of halogens is 11. The summed E-state index contributed by atoms with van der Waals surface area (Å²) in [5.41, 5.74) is -1.90. The molecular weight excluding hydrogens is 389 g/mol. The zero-order valence-corrected chi connectivity index (χ0v) is 12.4. The lowest BCUT2D eigenvalue weighted by Gasteiger charge is -2.38. The Bertz CT molecular complexity index is 453. The molecule has 0 aromatic carbocycles. The minimum Gasteiger partial charge on any atom is -0.389 e. The molecule has 1 N–H and O–H groups in total. The molecule has 0 saturated carbocycles. The van der Waals surface area contributed by atoms with Crippen molar-refractivity contribution >= 4 is 11.8 Å². The average molecular weight is 400 g/mol. The summed E-state index contributed by atoms with van der Waals surface area (Å²) in [6, 6.07) is 0. The minimum atomic E-state index is -7.38. The van der Waals surface area contributed by atoms with Crippen LogP contribution in [0.2, 0.25) is 0 Å². The van der Waals surface area contributed by atoms with Crippen LogP contribution in [0, 0.1) is 0 Å². The van der Waals surface area contributed by atoms with E-state index in [1.54, 1.807) is 0 Å². The highest BCUT2D eigenvalue weighted by atomic mass is 32.2. The summed E-state index contributed by atoms with van der Waals surface area (Å²) in [5, 5.41) is 9.70. The molecule has 0 radical (unpaired) electrons. The van der Waals surface area contributed by atoms with Gasteiger partial charge in [0.2, 0.25) is 0 Å². The smallest absolute Gasteiger partial charge is 0.389 e. The Hall–Kier alpha value is -0.460. The van der Waals surface area contributed by atoms with Crippen molar-refractivity contribution in [1.82, 2.24) is 0 Å². The fraction of sp³-hybridized carbons (Fsp3) is 1.00. The summed E-state index contributed by atoms with van der Waals surface area (Å²) in [7, 11) is 0. The monoisotopic (exact) mass is 400 g/mol. The minimum absolute atomic E-state index is 0.131. The van der Waals surface area contributed by atoms with E-state index in [9.17, 15) is 53.4 Å². The van der Waals surface area contributed by atoms with Gasteiger partial charge in [0, 0.05) is 12.2 Å². The summed E-state index contributed by atoms with van der Waals surface area (Å²) in [6.07, 6.45) is -10.6. The molecule has 0 bridgehead atoms. The number of rotatable bonds is 6. The Balaban J connectivity index is 3.06. The molecule has 13 heteroatoms. The van der Waals surface area contributed by atoms with E-state index in [0.29, 0.717) is 0 Å². The maximum Gasteiger partial charge on any atom is 0.460 e. The normalized spacial score (nSPS) is 24.5. The van der Waals surface area contributed by atoms with Crippen LogP contribution < -0.4 is 0 Å². The third-order valence-corrected chi connectivity index (χ3v) is 4.83. The van der Waals surface area contributed by atoms with E-state index in [4.69, 9.17) is 0 Å². The van der Waals surface area contributed by atoms with E-state index in [2.05, 4.69) is 0 Å². The second-order valence-electron chi connectivity index (χ2n) is 5.45. The lowest BCUT2D eigenvalue weighted by molar-refractivity contribution is -0.422. The molecule has 0 spiro atoms. The summed E-state index contributed by atoms with van der Waals surface area (Å²) in [6.45, 7) is 0. The van der Waals surface area contributed by atoms with Gasteiger partial charge in [0.1, 0.15) is 0 Å². The zero-order valence-electron chi connectivity index (χ0n) is 11.5. The van der Waals surface area contributed by atoms with Crippen LogP contribution in [0.4, 0.5) is 48.3 Å². The molecule has 1 aliphatic rings. The lowest BCUT2D eigenvalue weighted by atomic mass is 9.90. The molecule has 0 aliphatic carbocycles. The van der Waals surface area contributed by atoms with Crippen LogP contribution in [-0.4, -0.2) is 52.1 Å². The van der Waals surface area contributed by atoms with Crippen LogP contribution in [0.15, 0.2) is 0 Å². The molecule has 1 rings (SSSR count). The summed E-state index contributed by atoms with van der Waals surface area (Å²) >= 11 is 1.05. The third kappa shape index (κ3) is 3.42.